The third-order valence-corrected chi connectivity index (χ3v) is 4.07. The van der Waals surface area contributed by atoms with Crippen molar-refractivity contribution in [3.8, 4) is 17.2 Å². The van der Waals surface area contributed by atoms with E-state index in [4.69, 9.17) is 18.6 Å². The predicted molar refractivity (Wildman–Crippen MR) is 101 cm³/mol. The first kappa shape index (κ1) is 19.2. The van der Waals surface area contributed by atoms with Crippen LogP contribution in [-0.4, -0.2) is 25.5 Å². The van der Waals surface area contributed by atoms with Crippen LogP contribution < -0.4 is 19.8 Å². The van der Waals surface area contributed by atoms with Gasteiger partial charge in [-0.2, -0.15) is 0 Å². The molecule has 1 aromatic heterocycles. The molecule has 0 saturated heterocycles. The van der Waals surface area contributed by atoms with Crippen LogP contribution in [0.4, 0.5) is 0 Å². The maximum absolute atomic E-state index is 12.2. The molecule has 7 nitrogen and oxygen atoms in total. The summed E-state index contributed by atoms with van der Waals surface area (Å²) in [5.41, 5.74) is 0.194. The number of Topliss-reactive ketones (excluding diaryl/α,β-unsaturated/α-hetero) is 1. The first-order chi connectivity index (χ1) is 13.4. The fraction of sp³-hybridized carbons (Fsp3) is 0.190. The number of hydrogen-bond donors (Lipinski definition) is 0. The van der Waals surface area contributed by atoms with Crippen LogP contribution >= 0.6 is 0 Å². The Kier molecular flexibility index (Phi) is 5.44. The van der Waals surface area contributed by atoms with Gasteiger partial charge < -0.3 is 18.6 Å². The van der Waals surface area contributed by atoms with Gasteiger partial charge in [0.25, 0.3) is 0 Å². The Morgan fingerprint density at radius 1 is 1.04 bits per heavy atom. The molecule has 1 heterocycles. The van der Waals surface area contributed by atoms with Crippen molar-refractivity contribution in [2.75, 3.05) is 13.7 Å². The third-order valence-electron chi connectivity index (χ3n) is 4.07. The van der Waals surface area contributed by atoms with E-state index in [1.54, 1.807) is 37.3 Å². The Hall–Kier alpha value is -3.61. The molecule has 3 aromatic rings. The van der Waals surface area contributed by atoms with E-state index in [9.17, 15) is 14.4 Å². The van der Waals surface area contributed by atoms with Crippen LogP contribution in [0.3, 0.4) is 0 Å². The van der Waals surface area contributed by atoms with Crippen molar-refractivity contribution in [1.82, 2.24) is 0 Å². The molecule has 0 radical (unpaired) electrons. The minimum atomic E-state index is -0.720. The second-order valence-corrected chi connectivity index (χ2v) is 6.03. The maximum Gasteiger partial charge on any atom is 0.349 e. The molecular formula is C21H18O7. The number of ketones is 1. The van der Waals surface area contributed by atoms with E-state index in [0.29, 0.717) is 22.4 Å². The summed E-state index contributed by atoms with van der Waals surface area (Å²) in [6.45, 7) is 2.64. The Labute approximate surface area is 160 Å². The lowest BCUT2D eigenvalue weighted by atomic mass is 10.0. The lowest BCUT2D eigenvalue weighted by Crippen LogP contribution is -2.19. The molecule has 3 rings (SSSR count). The zero-order chi connectivity index (χ0) is 20.3. The minimum Gasteiger partial charge on any atom is -0.493 e. The lowest BCUT2D eigenvalue weighted by Gasteiger charge is -2.12. The molecule has 144 valence electrons. The number of para-hydroxylation sites is 2. The molecule has 28 heavy (non-hydrogen) atoms. The number of fused-ring (bicyclic) bond motifs is 1. The Balaban J connectivity index is 1.87. The number of rotatable bonds is 6. The van der Waals surface area contributed by atoms with Gasteiger partial charge in [0.05, 0.1) is 7.11 Å². The number of benzene rings is 2. The molecule has 0 bridgehead atoms. The summed E-state index contributed by atoms with van der Waals surface area (Å²) in [6, 6.07) is 11.3. The molecule has 7 heteroatoms. The Bertz CT molecular complexity index is 1110. The summed E-state index contributed by atoms with van der Waals surface area (Å²) >= 11 is 0. The van der Waals surface area contributed by atoms with Crippen molar-refractivity contribution < 1.29 is 28.2 Å². The van der Waals surface area contributed by atoms with Gasteiger partial charge in [0.2, 0.25) is 0 Å². The highest BCUT2D eigenvalue weighted by atomic mass is 16.6. The van der Waals surface area contributed by atoms with Crippen LogP contribution in [0.5, 0.6) is 17.2 Å². The summed E-state index contributed by atoms with van der Waals surface area (Å²) < 4.78 is 21.1. The van der Waals surface area contributed by atoms with Crippen molar-refractivity contribution in [2.45, 2.75) is 13.8 Å². The highest BCUT2D eigenvalue weighted by molar-refractivity contribution is 6.08. The van der Waals surface area contributed by atoms with E-state index in [0.717, 1.165) is 0 Å². The second kappa shape index (κ2) is 7.96. The van der Waals surface area contributed by atoms with E-state index in [-0.39, 0.29) is 16.9 Å². The molecule has 0 aliphatic heterocycles. The van der Waals surface area contributed by atoms with E-state index in [2.05, 4.69) is 0 Å². The fourth-order valence-corrected chi connectivity index (χ4v) is 2.81. The van der Waals surface area contributed by atoms with Gasteiger partial charge in [-0.3, -0.25) is 4.79 Å². The summed E-state index contributed by atoms with van der Waals surface area (Å²) in [7, 11) is 1.49. The lowest BCUT2D eigenvalue weighted by molar-refractivity contribution is -0.136. The maximum atomic E-state index is 12.2. The van der Waals surface area contributed by atoms with Crippen molar-refractivity contribution in [1.29, 1.82) is 0 Å². The van der Waals surface area contributed by atoms with Crippen LogP contribution in [0.1, 0.15) is 22.8 Å². The number of ether oxygens (including phenoxy) is 3. The standard InChI is InChI=1S/C21H18O7/c1-12-10-18(23)28-21-14(12)8-9-17(20(21)13(2)22)27-19(24)11-26-16-7-5-4-6-15(16)25-3/h4-10H,11H2,1-3H3. The average molecular weight is 382 g/mol. The third kappa shape index (κ3) is 3.88. The summed E-state index contributed by atoms with van der Waals surface area (Å²) in [5.74, 6) is -0.255. The highest BCUT2D eigenvalue weighted by Crippen LogP contribution is 2.30. The van der Waals surface area contributed by atoms with E-state index >= 15 is 0 Å². The monoisotopic (exact) mass is 382 g/mol. The Morgan fingerprint density at radius 2 is 1.75 bits per heavy atom. The molecule has 0 saturated carbocycles. The first-order valence-corrected chi connectivity index (χ1v) is 8.45. The summed E-state index contributed by atoms with van der Waals surface area (Å²) in [4.78, 5) is 36.1. The van der Waals surface area contributed by atoms with Crippen molar-refractivity contribution in [3.05, 3.63) is 64.0 Å². The zero-order valence-electron chi connectivity index (χ0n) is 15.6. The van der Waals surface area contributed by atoms with Gasteiger partial charge >= 0.3 is 11.6 Å². The zero-order valence-corrected chi connectivity index (χ0v) is 15.6. The second-order valence-electron chi connectivity index (χ2n) is 6.03. The largest absolute Gasteiger partial charge is 0.493 e. The first-order valence-electron chi connectivity index (χ1n) is 8.45. The van der Waals surface area contributed by atoms with Gasteiger partial charge in [0.15, 0.2) is 29.5 Å². The van der Waals surface area contributed by atoms with Gasteiger partial charge in [-0.15, -0.1) is 0 Å². The number of carbonyl (C=O) groups excluding carboxylic acids is 2. The number of aryl methyl sites for hydroxylation is 1. The van der Waals surface area contributed by atoms with E-state index < -0.39 is 24.0 Å². The molecule has 0 amide bonds. The molecule has 0 atom stereocenters. The van der Waals surface area contributed by atoms with Crippen molar-refractivity contribution in [3.63, 3.8) is 0 Å². The molecule has 0 spiro atoms. The fourth-order valence-electron chi connectivity index (χ4n) is 2.81. The smallest absolute Gasteiger partial charge is 0.349 e. The Morgan fingerprint density at radius 3 is 2.43 bits per heavy atom. The number of carbonyl (C=O) groups is 2. The van der Waals surface area contributed by atoms with Gasteiger partial charge in [-0.25, -0.2) is 9.59 Å². The van der Waals surface area contributed by atoms with Gasteiger partial charge in [0.1, 0.15) is 11.3 Å². The average Bonchev–Trinajstić information content (AvgIpc) is 2.65. The number of methoxy groups -OCH3 is 1. The number of esters is 1. The van der Waals surface area contributed by atoms with Gasteiger partial charge in [-0.1, -0.05) is 12.1 Å². The highest BCUT2D eigenvalue weighted by Gasteiger charge is 2.20. The van der Waals surface area contributed by atoms with Crippen LogP contribution in [-0.2, 0) is 4.79 Å². The number of hydrogen-bond acceptors (Lipinski definition) is 7. The van der Waals surface area contributed by atoms with Crippen molar-refractivity contribution in [2.24, 2.45) is 0 Å². The topological polar surface area (TPSA) is 92.0 Å². The normalized spacial score (nSPS) is 10.5. The molecule has 0 N–H and O–H groups in total. The molecule has 0 unspecified atom stereocenters. The van der Waals surface area contributed by atoms with Gasteiger partial charge in [0, 0.05) is 11.5 Å². The quantitative estimate of drug-likeness (QED) is 0.279. The molecule has 0 fully saturated rings. The van der Waals surface area contributed by atoms with E-state index in [1.165, 1.54) is 26.2 Å². The summed E-state index contributed by atoms with van der Waals surface area (Å²) in [6.07, 6.45) is 0. The van der Waals surface area contributed by atoms with Crippen LogP contribution in [0, 0.1) is 6.92 Å². The molecule has 0 aliphatic rings. The van der Waals surface area contributed by atoms with Crippen LogP contribution in [0.15, 0.2) is 51.7 Å². The van der Waals surface area contributed by atoms with Crippen LogP contribution in [0.2, 0.25) is 0 Å². The van der Waals surface area contributed by atoms with E-state index in [1.807, 2.05) is 0 Å². The minimum absolute atomic E-state index is 0.00220. The predicted octanol–water partition coefficient (Wildman–Crippen LogP) is 3.30. The SMILES string of the molecule is COc1ccccc1OCC(=O)Oc1ccc2c(C)cc(=O)oc2c1C(C)=O. The van der Waals surface area contributed by atoms with Crippen molar-refractivity contribution >= 4 is 22.7 Å². The molecular weight excluding hydrogens is 364 g/mol. The molecule has 2 aromatic carbocycles. The molecule has 0 aliphatic carbocycles. The summed E-state index contributed by atoms with van der Waals surface area (Å²) in [5, 5.41) is 0.592. The van der Waals surface area contributed by atoms with Crippen LogP contribution in [0.25, 0.3) is 11.0 Å². The van der Waals surface area contributed by atoms with Gasteiger partial charge in [-0.05, 0) is 43.7 Å².